The average molecular weight is 275 g/mol. The van der Waals surface area contributed by atoms with Gasteiger partial charge in [0.1, 0.15) is 0 Å². The average Bonchev–Trinajstić information content (AvgIpc) is 2.37. The van der Waals surface area contributed by atoms with Gasteiger partial charge in [-0.1, -0.05) is 41.4 Å². The number of hydrogen-bond acceptors (Lipinski definition) is 2. The Morgan fingerprint density at radius 2 is 1.89 bits per heavy atom. The van der Waals surface area contributed by atoms with E-state index in [4.69, 9.17) is 17.3 Å². The molecule has 0 atom stereocenters. The van der Waals surface area contributed by atoms with Gasteiger partial charge in [-0.15, -0.1) is 0 Å². The molecule has 3 heteroatoms. The largest absolute Gasteiger partial charge is 0.343 e. The van der Waals surface area contributed by atoms with Crippen LogP contribution in [0.1, 0.15) is 16.7 Å². The van der Waals surface area contributed by atoms with Gasteiger partial charge in [0.2, 0.25) is 0 Å². The highest BCUT2D eigenvalue weighted by atomic mass is 35.5. The molecule has 0 fully saturated rings. The number of rotatable bonds is 3. The van der Waals surface area contributed by atoms with Crippen molar-refractivity contribution >= 4 is 23.0 Å². The lowest BCUT2D eigenvalue weighted by Crippen LogP contribution is -2.15. The Morgan fingerprint density at radius 1 is 1.16 bits per heavy atom. The Kier molecular flexibility index (Phi) is 4.13. The smallest absolute Gasteiger partial charge is 0.0646 e. The van der Waals surface area contributed by atoms with E-state index in [1.165, 1.54) is 11.1 Å². The molecule has 0 aromatic heterocycles. The van der Waals surface area contributed by atoms with Crippen LogP contribution in [-0.2, 0) is 6.54 Å². The number of nitrogens with two attached hydrogens (primary N) is 1. The van der Waals surface area contributed by atoms with Gasteiger partial charge >= 0.3 is 0 Å². The van der Waals surface area contributed by atoms with Crippen molar-refractivity contribution in [3.8, 4) is 0 Å². The highest BCUT2D eigenvalue weighted by Gasteiger charge is 2.14. The second-order valence-corrected chi connectivity index (χ2v) is 5.21. The Morgan fingerprint density at radius 3 is 2.53 bits per heavy atom. The molecule has 0 amide bonds. The maximum absolute atomic E-state index is 6.34. The summed E-state index contributed by atoms with van der Waals surface area (Å²) in [5.74, 6) is 0. The molecule has 100 valence electrons. The van der Waals surface area contributed by atoms with Crippen molar-refractivity contribution in [1.29, 1.82) is 0 Å². The molecule has 2 aromatic rings. The predicted molar refractivity (Wildman–Crippen MR) is 83.3 cm³/mol. The van der Waals surface area contributed by atoms with E-state index in [0.717, 1.165) is 22.0 Å². The summed E-state index contributed by atoms with van der Waals surface area (Å²) < 4.78 is 0. The SMILES string of the molecule is Cc1ccc(N(C)c2c(Cl)cccc2CN)c(C)c1. The zero-order valence-corrected chi connectivity index (χ0v) is 12.3. The van der Waals surface area contributed by atoms with Gasteiger partial charge in [-0.2, -0.15) is 0 Å². The number of halogens is 1. The number of anilines is 2. The van der Waals surface area contributed by atoms with E-state index in [0.29, 0.717) is 6.54 Å². The molecule has 0 aliphatic rings. The van der Waals surface area contributed by atoms with Gasteiger partial charge in [0, 0.05) is 19.3 Å². The fraction of sp³-hybridized carbons (Fsp3) is 0.250. The summed E-state index contributed by atoms with van der Waals surface area (Å²) in [7, 11) is 2.03. The molecule has 19 heavy (non-hydrogen) atoms. The van der Waals surface area contributed by atoms with Crippen LogP contribution in [0.2, 0.25) is 5.02 Å². The van der Waals surface area contributed by atoms with Crippen LogP contribution in [-0.4, -0.2) is 7.05 Å². The molecule has 0 radical (unpaired) electrons. The summed E-state index contributed by atoms with van der Waals surface area (Å²) in [6.07, 6.45) is 0. The van der Waals surface area contributed by atoms with E-state index in [9.17, 15) is 0 Å². The summed E-state index contributed by atoms with van der Waals surface area (Å²) in [5, 5.41) is 0.727. The molecule has 2 aromatic carbocycles. The third kappa shape index (κ3) is 2.75. The molecule has 0 aliphatic heterocycles. The molecule has 0 heterocycles. The Labute approximate surface area is 119 Å². The first-order valence-electron chi connectivity index (χ1n) is 6.33. The summed E-state index contributed by atoms with van der Waals surface area (Å²) >= 11 is 6.34. The Bertz CT molecular complexity index is 593. The Hall–Kier alpha value is -1.51. The standard InChI is InChI=1S/C16H19ClN2/c1-11-7-8-15(12(2)9-11)19(3)16-13(10-18)5-4-6-14(16)17/h4-9H,10,18H2,1-3H3. The van der Waals surface area contributed by atoms with E-state index in [2.05, 4.69) is 36.9 Å². The summed E-state index contributed by atoms with van der Waals surface area (Å²) in [5.41, 5.74) is 11.5. The first-order valence-corrected chi connectivity index (χ1v) is 6.71. The molecule has 0 aliphatic carbocycles. The topological polar surface area (TPSA) is 29.3 Å². The third-order valence-electron chi connectivity index (χ3n) is 3.34. The molecule has 0 saturated heterocycles. The fourth-order valence-electron chi connectivity index (χ4n) is 2.40. The number of nitrogens with zero attached hydrogens (tertiary/aromatic N) is 1. The lowest BCUT2D eigenvalue weighted by Gasteiger charge is -2.25. The maximum Gasteiger partial charge on any atom is 0.0646 e. The van der Waals surface area contributed by atoms with Gasteiger partial charge in [0.15, 0.2) is 0 Å². The van der Waals surface area contributed by atoms with Crippen LogP contribution in [0.5, 0.6) is 0 Å². The van der Waals surface area contributed by atoms with Gasteiger partial charge in [0.05, 0.1) is 10.7 Å². The number of aryl methyl sites for hydroxylation is 2. The van der Waals surface area contributed by atoms with Crippen LogP contribution in [0, 0.1) is 13.8 Å². The van der Waals surface area contributed by atoms with Crippen molar-refractivity contribution in [2.75, 3.05) is 11.9 Å². The fourth-order valence-corrected chi connectivity index (χ4v) is 2.72. The van der Waals surface area contributed by atoms with E-state index in [-0.39, 0.29) is 0 Å². The van der Waals surface area contributed by atoms with Crippen molar-refractivity contribution in [2.45, 2.75) is 20.4 Å². The van der Waals surface area contributed by atoms with Gasteiger partial charge in [-0.05, 0) is 37.1 Å². The zero-order valence-electron chi connectivity index (χ0n) is 11.6. The van der Waals surface area contributed by atoms with Gasteiger partial charge in [-0.25, -0.2) is 0 Å². The number of benzene rings is 2. The lowest BCUT2D eigenvalue weighted by atomic mass is 10.1. The molecule has 2 rings (SSSR count). The molecule has 2 N–H and O–H groups in total. The summed E-state index contributed by atoms with van der Waals surface area (Å²) in [6, 6.07) is 12.2. The molecular weight excluding hydrogens is 256 g/mol. The first-order chi connectivity index (χ1) is 9.04. The van der Waals surface area contributed by atoms with Crippen molar-refractivity contribution in [3.05, 3.63) is 58.1 Å². The summed E-state index contributed by atoms with van der Waals surface area (Å²) in [4.78, 5) is 2.11. The monoisotopic (exact) mass is 274 g/mol. The molecule has 0 unspecified atom stereocenters. The quantitative estimate of drug-likeness (QED) is 0.910. The van der Waals surface area contributed by atoms with E-state index in [1.807, 2.05) is 25.2 Å². The van der Waals surface area contributed by atoms with Crippen molar-refractivity contribution in [3.63, 3.8) is 0 Å². The Balaban J connectivity index is 2.52. The second kappa shape index (κ2) is 5.64. The van der Waals surface area contributed by atoms with Gasteiger partial charge in [-0.3, -0.25) is 0 Å². The molecular formula is C16H19ClN2. The van der Waals surface area contributed by atoms with Crippen LogP contribution in [0.25, 0.3) is 0 Å². The van der Waals surface area contributed by atoms with Crippen molar-refractivity contribution in [1.82, 2.24) is 0 Å². The van der Waals surface area contributed by atoms with Crippen LogP contribution < -0.4 is 10.6 Å². The van der Waals surface area contributed by atoms with Crippen LogP contribution in [0.3, 0.4) is 0 Å². The van der Waals surface area contributed by atoms with Crippen LogP contribution in [0.4, 0.5) is 11.4 Å². The van der Waals surface area contributed by atoms with E-state index < -0.39 is 0 Å². The predicted octanol–water partition coefficient (Wildman–Crippen LogP) is 4.18. The minimum absolute atomic E-state index is 0.477. The van der Waals surface area contributed by atoms with Crippen molar-refractivity contribution < 1.29 is 0 Å². The van der Waals surface area contributed by atoms with E-state index >= 15 is 0 Å². The molecule has 2 nitrogen and oxygen atoms in total. The molecule has 0 bridgehead atoms. The van der Waals surface area contributed by atoms with Crippen molar-refractivity contribution in [2.24, 2.45) is 5.73 Å². The zero-order chi connectivity index (χ0) is 14.0. The first kappa shape index (κ1) is 13.9. The maximum atomic E-state index is 6.34. The van der Waals surface area contributed by atoms with Gasteiger partial charge < -0.3 is 10.6 Å². The number of para-hydroxylation sites is 1. The normalized spacial score (nSPS) is 10.6. The second-order valence-electron chi connectivity index (χ2n) is 4.80. The van der Waals surface area contributed by atoms with Crippen LogP contribution in [0.15, 0.2) is 36.4 Å². The van der Waals surface area contributed by atoms with E-state index in [1.54, 1.807) is 0 Å². The van der Waals surface area contributed by atoms with Gasteiger partial charge in [0.25, 0.3) is 0 Å². The highest BCUT2D eigenvalue weighted by Crippen LogP contribution is 2.35. The molecule has 0 spiro atoms. The molecule has 0 saturated carbocycles. The minimum atomic E-state index is 0.477. The summed E-state index contributed by atoms with van der Waals surface area (Å²) in [6.45, 7) is 4.68. The van der Waals surface area contributed by atoms with Crippen LogP contribution >= 0.6 is 11.6 Å². The lowest BCUT2D eigenvalue weighted by molar-refractivity contribution is 1.04. The third-order valence-corrected chi connectivity index (χ3v) is 3.64. The highest BCUT2D eigenvalue weighted by molar-refractivity contribution is 6.33. The minimum Gasteiger partial charge on any atom is -0.343 e. The number of hydrogen-bond donors (Lipinski definition) is 1.